The van der Waals surface area contributed by atoms with E-state index < -0.39 is 12.1 Å². The second kappa shape index (κ2) is 5.30. The maximum absolute atomic E-state index is 10.1. The minimum absolute atomic E-state index is 0.0472. The van der Waals surface area contributed by atoms with Crippen molar-refractivity contribution in [2.24, 2.45) is 5.73 Å². The Bertz CT molecular complexity index is 342. The van der Waals surface area contributed by atoms with E-state index in [1.54, 1.807) is 12.1 Å². The summed E-state index contributed by atoms with van der Waals surface area (Å²) in [7, 11) is 0. The van der Waals surface area contributed by atoms with Gasteiger partial charge in [0.1, 0.15) is 5.75 Å². The molecule has 0 saturated heterocycles. The number of phenolic OH excluding ortho intramolecular Hbond substituents is 1. The number of rotatable bonds is 4. The molecule has 90 valence electrons. The lowest BCUT2D eigenvalue weighted by molar-refractivity contribution is 0.128. The summed E-state index contributed by atoms with van der Waals surface area (Å²) in [5.74, 6) is 0.182. The average Bonchev–Trinajstić information content (AvgIpc) is 2.16. The zero-order valence-electron chi connectivity index (χ0n) is 9.64. The number of benzene rings is 1. The summed E-state index contributed by atoms with van der Waals surface area (Å²) in [6.45, 7) is 3.59. The van der Waals surface area contributed by atoms with Gasteiger partial charge in [0.25, 0.3) is 0 Å². The van der Waals surface area contributed by atoms with Gasteiger partial charge in [-0.05, 0) is 49.1 Å². The van der Waals surface area contributed by atoms with Crippen molar-refractivity contribution >= 4 is 0 Å². The van der Waals surface area contributed by atoms with Crippen molar-refractivity contribution in [3.05, 3.63) is 28.8 Å². The molecule has 0 aliphatic heterocycles. The quantitative estimate of drug-likeness (QED) is 0.609. The first-order valence-corrected chi connectivity index (χ1v) is 5.32. The predicted molar refractivity (Wildman–Crippen MR) is 62.2 cm³/mol. The molecule has 0 saturated carbocycles. The van der Waals surface area contributed by atoms with E-state index in [1.165, 1.54) is 0 Å². The lowest BCUT2D eigenvalue weighted by atomic mass is 9.92. The first-order chi connectivity index (χ1) is 7.47. The molecule has 1 aromatic rings. The van der Waals surface area contributed by atoms with Gasteiger partial charge in [-0.2, -0.15) is 0 Å². The van der Waals surface area contributed by atoms with Crippen LogP contribution in [0.15, 0.2) is 12.1 Å². The minimum atomic E-state index is -0.812. The van der Waals surface area contributed by atoms with E-state index >= 15 is 0 Å². The van der Waals surface area contributed by atoms with Gasteiger partial charge in [-0.1, -0.05) is 0 Å². The minimum Gasteiger partial charge on any atom is -0.508 e. The molecular formula is C12H19NO3. The second-order valence-corrected chi connectivity index (χ2v) is 4.11. The van der Waals surface area contributed by atoms with Crippen molar-refractivity contribution in [2.75, 3.05) is 6.61 Å². The first kappa shape index (κ1) is 13.0. The summed E-state index contributed by atoms with van der Waals surface area (Å²) in [6, 6.07) is 2.70. The van der Waals surface area contributed by atoms with Crippen molar-refractivity contribution in [1.82, 2.24) is 0 Å². The van der Waals surface area contributed by atoms with Crippen LogP contribution in [0.1, 0.15) is 29.2 Å². The van der Waals surface area contributed by atoms with Crippen molar-refractivity contribution in [3.8, 4) is 5.75 Å². The summed E-state index contributed by atoms with van der Waals surface area (Å²) in [5.41, 5.74) is 8.11. The number of aromatic hydroxyl groups is 1. The number of aryl methyl sites for hydroxylation is 2. The second-order valence-electron chi connectivity index (χ2n) is 4.11. The van der Waals surface area contributed by atoms with Crippen molar-refractivity contribution in [1.29, 1.82) is 0 Å². The van der Waals surface area contributed by atoms with Crippen LogP contribution < -0.4 is 5.73 Å². The zero-order valence-corrected chi connectivity index (χ0v) is 9.64. The summed E-state index contributed by atoms with van der Waals surface area (Å²) >= 11 is 0. The van der Waals surface area contributed by atoms with Gasteiger partial charge in [0.15, 0.2) is 0 Å². The van der Waals surface area contributed by atoms with Gasteiger partial charge in [0.2, 0.25) is 0 Å². The van der Waals surface area contributed by atoms with Crippen LogP contribution in [0.4, 0.5) is 0 Å². The Labute approximate surface area is 95.3 Å². The van der Waals surface area contributed by atoms with E-state index in [2.05, 4.69) is 0 Å². The molecule has 1 aromatic carbocycles. The summed E-state index contributed by atoms with van der Waals surface area (Å²) in [6.07, 6.45) is -0.464. The largest absolute Gasteiger partial charge is 0.508 e. The van der Waals surface area contributed by atoms with Gasteiger partial charge in [0.05, 0.1) is 6.10 Å². The lowest BCUT2D eigenvalue weighted by Gasteiger charge is -2.22. The Morgan fingerprint density at radius 1 is 1.25 bits per heavy atom. The molecule has 4 nitrogen and oxygen atoms in total. The molecule has 0 heterocycles. The highest BCUT2D eigenvalue weighted by Gasteiger charge is 2.20. The monoisotopic (exact) mass is 225 g/mol. The first-order valence-electron chi connectivity index (χ1n) is 5.32. The number of aliphatic hydroxyl groups excluding tert-OH is 2. The number of aliphatic hydroxyl groups is 2. The molecule has 0 spiro atoms. The van der Waals surface area contributed by atoms with Crippen LogP contribution in [-0.4, -0.2) is 28.0 Å². The Hall–Kier alpha value is -1.10. The smallest absolute Gasteiger partial charge is 0.116 e. The molecule has 0 bridgehead atoms. The van der Waals surface area contributed by atoms with Gasteiger partial charge in [0, 0.05) is 12.6 Å². The number of hydrogen-bond donors (Lipinski definition) is 4. The fourth-order valence-corrected chi connectivity index (χ4v) is 1.94. The van der Waals surface area contributed by atoms with Crippen LogP contribution in [-0.2, 0) is 0 Å². The Kier molecular flexibility index (Phi) is 4.29. The lowest BCUT2D eigenvalue weighted by Crippen LogP contribution is -2.30. The molecule has 0 radical (unpaired) electrons. The summed E-state index contributed by atoms with van der Waals surface area (Å²) in [5, 5.41) is 28.2. The topological polar surface area (TPSA) is 86.7 Å². The molecule has 0 aliphatic rings. The normalized spacial score (nSPS) is 14.8. The van der Waals surface area contributed by atoms with Crippen LogP contribution in [0, 0.1) is 13.8 Å². The Balaban J connectivity index is 3.03. The molecule has 16 heavy (non-hydrogen) atoms. The van der Waals surface area contributed by atoms with Gasteiger partial charge < -0.3 is 21.1 Å². The van der Waals surface area contributed by atoms with Crippen LogP contribution >= 0.6 is 0 Å². The molecule has 4 heteroatoms. The summed E-state index contributed by atoms with van der Waals surface area (Å²) < 4.78 is 0. The van der Waals surface area contributed by atoms with Crippen LogP contribution in [0.2, 0.25) is 0 Å². The third-order valence-electron chi connectivity index (χ3n) is 2.74. The zero-order chi connectivity index (χ0) is 12.3. The number of nitrogens with two attached hydrogens (primary N) is 1. The van der Waals surface area contributed by atoms with Crippen LogP contribution in [0.25, 0.3) is 0 Å². The third kappa shape index (κ3) is 2.72. The van der Waals surface area contributed by atoms with Crippen LogP contribution in [0.5, 0.6) is 5.75 Å². The standard InChI is InChI=1S/C12H19NO3/c1-7-5-9(15)6-8(2)11(7)12(16)10(13)3-4-14/h5-6,10,12,14-16H,3-4,13H2,1-2H3. The third-order valence-corrected chi connectivity index (χ3v) is 2.74. The van der Waals surface area contributed by atoms with Gasteiger partial charge >= 0.3 is 0 Å². The average molecular weight is 225 g/mol. The maximum Gasteiger partial charge on any atom is 0.116 e. The van der Waals surface area contributed by atoms with Gasteiger partial charge in [-0.3, -0.25) is 0 Å². The Morgan fingerprint density at radius 3 is 2.19 bits per heavy atom. The molecular weight excluding hydrogens is 206 g/mol. The van der Waals surface area contributed by atoms with Crippen molar-refractivity contribution in [3.63, 3.8) is 0 Å². The molecule has 0 amide bonds. The highest BCUT2D eigenvalue weighted by molar-refractivity contribution is 5.42. The molecule has 0 aliphatic carbocycles. The van der Waals surface area contributed by atoms with Gasteiger partial charge in [-0.25, -0.2) is 0 Å². The Morgan fingerprint density at radius 2 is 1.75 bits per heavy atom. The molecule has 0 aromatic heterocycles. The molecule has 5 N–H and O–H groups in total. The predicted octanol–water partition coefficient (Wildman–Crippen LogP) is 0.752. The molecule has 0 fully saturated rings. The highest BCUT2D eigenvalue weighted by Crippen LogP contribution is 2.28. The summed E-state index contributed by atoms with van der Waals surface area (Å²) in [4.78, 5) is 0. The number of phenols is 1. The maximum atomic E-state index is 10.1. The van der Waals surface area contributed by atoms with E-state index in [0.29, 0.717) is 6.42 Å². The van der Waals surface area contributed by atoms with Gasteiger partial charge in [-0.15, -0.1) is 0 Å². The van der Waals surface area contributed by atoms with E-state index in [4.69, 9.17) is 10.8 Å². The van der Waals surface area contributed by atoms with Crippen LogP contribution in [0.3, 0.4) is 0 Å². The fourth-order valence-electron chi connectivity index (χ4n) is 1.94. The van der Waals surface area contributed by atoms with E-state index in [-0.39, 0.29) is 12.4 Å². The SMILES string of the molecule is Cc1cc(O)cc(C)c1C(O)C(N)CCO. The van der Waals surface area contributed by atoms with Crippen molar-refractivity contribution < 1.29 is 15.3 Å². The van der Waals surface area contributed by atoms with E-state index in [1.807, 2.05) is 13.8 Å². The van der Waals surface area contributed by atoms with E-state index in [0.717, 1.165) is 16.7 Å². The molecule has 1 rings (SSSR count). The number of hydrogen-bond acceptors (Lipinski definition) is 4. The fraction of sp³-hybridized carbons (Fsp3) is 0.500. The highest BCUT2D eigenvalue weighted by atomic mass is 16.3. The molecule has 2 unspecified atom stereocenters. The molecule has 2 atom stereocenters. The van der Waals surface area contributed by atoms with Crippen molar-refractivity contribution in [2.45, 2.75) is 32.4 Å². The van der Waals surface area contributed by atoms with E-state index in [9.17, 15) is 10.2 Å².